The third kappa shape index (κ3) is 2.83. The number of aldehydes is 1. The summed E-state index contributed by atoms with van der Waals surface area (Å²) in [6.07, 6.45) is 0.857. The maximum absolute atomic E-state index is 12.5. The zero-order chi connectivity index (χ0) is 17.3. The van der Waals surface area contributed by atoms with Gasteiger partial charge >= 0.3 is 0 Å². The highest BCUT2D eigenvalue weighted by Gasteiger charge is 2.15. The number of aryl methyl sites for hydroxylation is 2. The van der Waals surface area contributed by atoms with E-state index in [4.69, 9.17) is 0 Å². The van der Waals surface area contributed by atoms with E-state index in [-0.39, 0.29) is 12.5 Å². The molecule has 0 aliphatic rings. The van der Waals surface area contributed by atoms with Gasteiger partial charge in [0, 0.05) is 27.8 Å². The number of benzene rings is 2. The molecule has 0 aliphatic carbocycles. The second-order valence-electron chi connectivity index (χ2n) is 6.07. The number of rotatable bonds is 4. The molecule has 0 saturated carbocycles. The molecule has 3 aromatic rings. The summed E-state index contributed by atoms with van der Waals surface area (Å²) in [5.74, 6) is -0.112. The molecule has 1 heterocycles. The molecule has 0 spiro atoms. The molecule has 0 atom stereocenters. The van der Waals surface area contributed by atoms with Crippen LogP contribution in [0.2, 0.25) is 0 Å². The van der Waals surface area contributed by atoms with Crippen LogP contribution in [0, 0.1) is 20.8 Å². The number of aromatic nitrogens is 1. The summed E-state index contributed by atoms with van der Waals surface area (Å²) in [5.41, 5.74) is 5.46. The first-order chi connectivity index (χ1) is 11.5. The Kier molecular flexibility index (Phi) is 4.21. The number of amides is 1. The molecule has 0 bridgehead atoms. The van der Waals surface area contributed by atoms with E-state index in [0.29, 0.717) is 5.56 Å². The van der Waals surface area contributed by atoms with Gasteiger partial charge in [0.15, 0.2) is 6.29 Å². The van der Waals surface area contributed by atoms with Gasteiger partial charge in [-0.15, -0.1) is 0 Å². The monoisotopic (exact) mass is 320 g/mol. The molecule has 4 nitrogen and oxygen atoms in total. The lowest BCUT2D eigenvalue weighted by Crippen LogP contribution is -2.19. The van der Waals surface area contributed by atoms with E-state index in [1.807, 2.05) is 67.8 Å². The number of hydrogen-bond acceptors (Lipinski definition) is 2. The molecule has 122 valence electrons. The highest BCUT2D eigenvalue weighted by molar-refractivity contribution is 6.00. The Morgan fingerprint density at radius 3 is 2.54 bits per heavy atom. The summed E-state index contributed by atoms with van der Waals surface area (Å²) in [4.78, 5) is 23.8. The molecule has 0 aliphatic heterocycles. The van der Waals surface area contributed by atoms with Crippen LogP contribution in [-0.2, 0) is 11.3 Å². The van der Waals surface area contributed by atoms with Crippen LogP contribution in [0.25, 0.3) is 10.9 Å². The summed E-state index contributed by atoms with van der Waals surface area (Å²) in [6.45, 7) is 6.10. The van der Waals surface area contributed by atoms with Crippen molar-refractivity contribution < 1.29 is 9.59 Å². The van der Waals surface area contributed by atoms with Crippen molar-refractivity contribution in [3.8, 4) is 0 Å². The van der Waals surface area contributed by atoms with E-state index in [1.165, 1.54) is 5.56 Å². The highest BCUT2D eigenvalue weighted by atomic mass is 16.2. The lowest BCUT2D eigenvalue weighted by Gasteiger charge is -2.10. The van der Waals surface area contributed by atoms with E-state index >= 15 is 0 Å². The van der Waals surface area contributed by atoms with E-state index < -0.39 is 0 Å². The van der Waals surface area contributed by atoms with Gasteiger partial charge in [-0.2, -0.15) is 0 Å². The molecule has 0 fully saturated rings. The molecule has 0 radical (unpaired) electrons. The van der Waals surface area contributed by atoms with Gasteiger partial charge in [-0.1, -0.05) is 24.3 Å². The number of carbonyl (C=O) groups is 2. The second-order valence-corrected chi connectivity index (χ2v) is 6.07. The lowest BCUT2D eigenvalue weighted by molar-refractivity contribution is -0.116. The smallest absolute Gasteiger partial charge is 0.244 e. The van der Waals surface area contributed by atoms with Crippen molar-refractivity contribution in [1.82, 2.24) is 4.57 Å². The Bertz CT molecular complexity index is 938. The fourth-order valence-corrected chi connectivity index (χ4v) is 2.97. The Morgan fingerprint density at radius 1 is 1.08 bits per heavy atom. The van der Waals surface area contributed by atoms with Gasteiger partial charge in [-0.25, -0.2) is 0 Å². The standard InChI is InChI=1S/C20H20N2O2/c1-13-8-9-16(10-14(13)2)21-20(24)11-22-15(3)18(12-23)17-6-4-5-7-19(17)22/h4-10,12H,11H2,1-3H3,(H,21,24). The average Bonchev–Trinajstić information content (AvgIpc) is 2.83. The maximum Gasteiger partial charge on any atom is 0.244 e. The van der Waals surface area contributed by atoms with Gasteiger partial charge in [0.25, 0.3) is 0 Å². The van der Waals surface area contributed by atoms with Gasteiger partial charge in [0.2, 0.25) is 5.91 Å². The number of carbonyl (C=O) groups excluding carboxylic acids is 2. The first kappa shape index (κ1) is 16.0. The largest absolute Gasteiger partial charge is 0.335 e. The topological polar surface area (TPSA) is 51.1 Å². The van der Waals surface area contributed by atoms with Crippen LogP contribution in [0.15, 0.2) is 42.5 Å². The number of nitrogens with one attached hydrogen (secondary N) is 1. The van der Waals surface area contributed by atoms with Crippen LogP contribution in [0.3, 0.4) is 0 Å². The van der Waals surface area contributed by atoms with Crippen molar-refractivity contribution in [2.45, 2.75) is 27.3 Å². The van der Waals surface area contributed by atoms with Gasteiger partial charge < -0.3 is 9.88 Å². The molecule has 3 rings (SSSR count). The van der Waals surface area contributed by atoms with Gasteiger partial charge in [-0.05, 0) is 50.1 Å². The van der Waals surface area contributed by atoms with Crippen LogP contribution in [0.1, 0.15) is 27.2 Å². The van der Waals surface area contributed by atoms with Crippen LogP contribution in [-0.4, -0.2) is 16.8 Å². The summed E-state index contributed by atoms with van der Waals surface area (Å²) < 4.78 is 1.88. The fraction of sp³-hybridized carbons (Fsp3) is 0.200. The number of fused-ring (bicyclic) bond motifs is 1. The van der Waals surface area contributed by atoms with Gasteiger partial charge in [0.05, 0.1) is 0 Å². The van der Waals surface area contributed by atoms with E-state index in [9.17, 15) is 9.59 Å². The quantitative estimate of drug-likeness (QED) is 0.738. The maximum atomic E-state index is 12.5. The molecule has 1 aromatic heterocycles. The van der Waals surface area contributed by atoms with Crippen LogP contribution in [0.5, 0.6) is 0 Å². The van der Waals surface area contributed by atoms with E-state index in [0.717, 1.165) is 34.1 Å². The summed E-state index contributed by atoms with van der Waals surface area (Å²) in [5, 5.41) is 3.81. The predicted molar refractivity (Wildman–Crippen MR) is 96.6 cm³/mol. The van der Waals surface area contributed by atoms with Crippen molar-refractivity contribution in [3.05, 3.63) is 64.8 Å². The predicted octanol–water partition coefficient (Wildman–Crippen LogP) is 4.02. The zero-order valence-electron chi connectivity index (χ0n) is 14.1. The van der Waals surface area contributed by atoms with Crippen molar-refractivity contribution >= 4 is 28.8 Å². The Morgan fingerprint density at radius 2 is 1.83 bits per heavy atom. The Labute approximate surface area is 141 Å². The van der Waals surface area contributed by atoms with Crippen molar-refractivity contribution in [2.75, 3.05) is 5.32 Å². The zero-order valence-corrected chi connectivity index (χ0v) is 14.1. The van der Waals surface area contributed by atoms with Gasteiger partial charge in [-0.3, -0.25) is 9.59 Å². The number of anilines is 1. The SMILES string of the molecule is Cc1ccc(NC(=O)Cn2c(C)c(C=O)c3ccccc32)cc1C. The average molecular weight is 320 g/mol. The summed E-state index contributed by atoms with van der Waals surface area (Å²) in [6, 6.07) is 13.5. The molecule has 0 unspecified atom stereocenters. The number of nitrogens with zero attached hydrogens (tertiary/aromatic N) is 1. The molecule has 24 heavy (non-hydrogen) atoms. The third-order valence-electron chi connectivity index (χ3n) is 4.49. The fourth-order valence-electron chi connectivity index (χ4n) is 2.97. The molecule has 0 saturated heterocycles. The first-order valence-corrected chi connectivity index (χ1v) is 7.91. The van der Waals surface area contributed by atoms with E-state index in [2.05, 4.69) is 5.32 Å². The molecule has 1 N–H and O–H groups in total. The number of hydrogen-bond donors (Lipinski definition) is 1. The molecular weight excluding hydrogens is 300 g/mol. The van der Waals surface area contributed by atoms with Crippen molar-refractivity contribution in [3.63, 3.8) is 0 Å². The van der Waals surface area contributed by atoms with Crippen molar-refractivity contribution in [2.24, 2.45) is 0 Å². The number of para-hydroxylation sites is 1. The molecule has 2 aromatic carbocycles. The Balaban J connectivity index is 1.89. The minimum absolute atomic E-state index is 0.112. The lowest BCUT2D eigenvalue weighted by atomic mass is 10.1. The van der Waals surface area contributed by atoms with Crippen LogP contribution >= 0.6 is 0 Å². The van der Waals surface area contributed by atoms with E-state index in [1.54, 1.807) is 0 Å². The summed E-state index contributed by atoms with van der Waals surface area (Å²) in [7, 11) is 0. The molecular formula is C20H20N2O2. The van der Waals surface area contributed by atoms with Gasteiger partial charge in [0.1, 0.15) is 6.54 Å². The highest BCUT2D eigenvalue weighted by Crippen LogP contribution is 2.24. The minimum Gasteiger partial charge on any atom is -0.335 e. The molecule has 1 amide bonds. The minimum atomic E-state index is -0.112. The summed E-state index contributed by atoms with van der Waals surface area (Å²) >= 11 is 0. The van der Waals surface area contributed by atoms with Crippen LogP contribution < -0.4 is 5.32 Å². The molecule has 4 heteroatoms. The Hall–Kier alpha value is -2.88. The second kappa shape index (κ2) is 6.32. The third-order valence-corrected chi connectivity index (χ3v) is 4.49. The first-order valence-electron chi connectivity index (χ1n) is 7.91. The normalized spacial score (nSPS) is 10.8. The van der Waals surface area contributed by atoms with Crippen LogP contribution in [0.4, 0.5) is 5.69 Å². The van der Waals surface area contributed by atoms with Crippen molar-refractivity contribution in [1.29, 1.82) is 0 Å².